The molecule has 160 valence electrons. The summed E-state index contributed by atoms with van der Waals surface area (Å²) < 4.78 is 0. The minimum Gasteiger partial charge on any atom is -0.324 e. The molecule has 2 aromatic rings. The summed E-state index contributed by atoms with van der Waals surface area (Å²) in [7, 11) is 0. The number of nitrogens with zero attached hydrogens (tertiary/aromatic N) is 1. The van der Waals surface area contributed by atoms with Gasteiger partial charge < -0.3 is 5.32 Å². The molecule has 3 heterocycles. The highest BCUT2D eigenvalue weighted by Gasteiger charge is 2.70. The van der Waals surface area contributed by atoms with Crippen molar-refractivity contribution in [3.8, 4) is 0 Å². The molecule has 0 bridgehead atoms. The molecular formula is C24H24ClN3O3. The maximum absolute atomic E-state index is 13.7. The van der Waals surface area contributed by atoms with Gasteiger partial charge in [-0.2, -0.15) is 0 Å². The van der Waals surface area contributed by atoms with Crippen molar-refractivity contribution < 1.29 is 14.4 Å². The quantitative estimate of drug-likeness (QED) is 0.719. The number of rotatable bonds is 4. The molecule has 7 heteroatoms. The van der Waals surface area contributed by atoms with E-state index in [1.165, 1.54) is 4.90 Å². The number of likely N-dealkylation sites (tertiary alicyclic amines) is 1. The number of halogens is 1. The fourth-order valence-electron chi connectivity index (χ4n) is 5.48. The number of para-hydroxylation sites is 1. The Bertz CT molecular complexity index is 1100. The zero-order valence-electron chi connectivity index (χ0n) is 17.4. The Morgan fingerprint density at radius 3 is 2.48 bits per heavy atom. The molecule has 0 radical (unpaired) electrons. The van der Waals surface area contributed by atoms with E-state index in [0.717, 1.165) is 5.56 Å². The van der Waals surface area contributed by atoms with E-state index in [2.05, 4.69) is 24.5 Å². The molecule has 6 nitrogen and oxygen atoms in total. The number of amides is 3. The number of hydrogen-bond donors (Lipinski definition) is 2. The van der Waals surface area contributed by atoms with Gasteiger partial charge in [0.05, 0.1) is 18.4 Å². The summed E-state index contributed by atoms with van der Waals surface area (Å²) in [6, 6.07) is 14.3. The van der Waals surface area contributed by atoms with E-state index >= 15 is 0 Å². The number of carbonyl (C=O) groups excluding carboxylic acids is 3. The first-order valence-electron chi connectivity index (χ1n) is 10.6. The van der Waals surface area contributed by atoms with E-state index in [9.17, 15) is 14.4 Å². The minimum absolute atomic E-state index is 0.109. The van der Waals surface area contributed by atoms with Crippen LogP contribution in [0.4, 0.5) is 5.69 Å². The third-order valence-electron chi connectivity index (χ3n) is 6.73. The summed E-state index contributed by atoms with van der Waals surface area (Å²) in [5.74, 6) is -1.89. The van der Waals surface area contributed by atoms with Crippen LogP contribution < -0.4 is 10.6 Å². The lowest BCUT2D eigenvalue weighted by Gasteiger charge is -2.30. The van der Waals surface area contributed by atoms with Crippen LogP contribution in [0.2, 0.25) is 5.02 Å². The van der Waals surface area contributed by atoms with Crippen LogP contribution in [0.3, 0.4) is 0 Å². The third-order valence-corrected chi connectivity index (χ3v) is 7.09. The van der Waals surface area contributed by atoms with E-state index in [4.69, 9.17) is 11.6 Å². The van der Waals surface area contributed by atoms with Crippen molar-refractivity contribution in [2.45, 2.75) is 38.4 Å². The van der Waals surface area contributed by atoms with Gasteiger partial charge in [-0.1, -0.05) is 61.8 Å². The zero-order valence-corrected chi connectivity index (χ0v) is 18.1. The van der Waals surface area contributed by atoms with Crippen molar-refractivity contribution >= 4 is 35.0 Å². The minimum atomic E-state index is -1.23. The standard InChI is InChI=1S/C24H24ClN3O3/c1-13(2)11-18-19-20(24(27-18)15-8-4-6-10-17(15)26-23(24)31)22(30)28(21(19)29)12-14-7-3-5-9-16(14)25/h3-10,13,18-20,27H,11-12H2,1-2H3,(H,26,31)/t18-,19+,20+,24+/m0/s1. The summed E-state index contributed by atoms with van der Waals surface area (Å²) in [5.41, 5.74) is 0.906. The number of imide groups is 1. The Balaban J connectivity index is 1.60. The highest BCUT2D eigenvalue weighted by atomic mass is 35.5. The molecule has 4 atom stereocenters. The Hall–Kier alpha value is -2.70. The Labute approximate surface area is 185 Å². The second-order valence-corrected chi connectivity index (χ2v) is 9.45. The molecule has 0 aliphatic carbocycles. The van der Waals surface area contributed by atoms with Crippen LogP contribution in [-0.4, -0.2) is 28.7 Å². The first kappa shape index (κ1) is 20.2. The lowest BCUT2D eigenvalue weighted by atomic mass is 9.76. The van der Waals surface area contributed by atoms with Crippen LogP contribution in [0.5, 0.6) is 0 Å². The molecular weight excluding hydrogens is 414 g/mol. The van der Waals surface area contributed by atoms with Gasteiger partial charge in [-0.25, -0.2) is 0 Å². The molecule has 1 spiro atoms. The predicted octanol–water partition coefficient (Wildman–Crippen LogP) is 3.31. The van der Waals surface area contributed by atoms with Crippen molar-refractivity contribution in [3.05, 3.63) is 64.7 Å². The summed E-state index contributed by atoms with van der Waals surface area (Å²) in [5, 5.41) is 6.89. The van der Waals surface area contributed by atoms with Crippen molar-refractivity contribution in [2.24, 2.45) is 17.8 Å². The number of anilines is 1. The Morgan fingerprint density at radius 1 is 1.03 bits per heavy atom. The van der Waals surface area contributed by atoms with Crippen LogP contribution in [0, 0.1) is 17.8 Å². The molecule has 3 amide bonds. The highest BCUT2D eigenvalue weighted by Crippen LogP contribution is 2.53. The van der Waals surface area contributed by atoms with Gasteiger partial charge in [-0.15, -0.1) is 0 Å². The maximum Gasteiger partial charge on any atom is 0.250 e. The van der Waals surface area contributed by atoms with E-state index < -0.39 is 17.4 Å². The van der Waals surface area contributed by atoms with Crippen molar-refractivity contribution in [2.75, 3.05) is 5.32 Å². The SMILES string of the molecule is CC(C)C[C@@H]1N[C@@]2(C(=O)Nc3ccccc32)[C@H]2C(=O)N(Cc3ccccc3Cl)C(=O)[C@H]12. The zero-order chi connectivity index (χ0) is 21.9. The van der Waals surface area contributed by atoms with Gasteiger partial charge in [0.2, 0.25) is 17.7 Å². The largest absolute Gasteiger partial charge is 0.324 e. The van der Waals surface area contributed by atoms with Gasteiger partial charge in [0.15, 0.2) is 0 Å². The summed E-state index contributed by atoms with van der Waals surface area (Å²) in [6.07, 6.45) is 0.692. The molecule has 5 rings (SSSR count). The first-order valence-corrected chi connectivity index (χ1v) is 11.0. The van der Waals surface area contributed by atoms with Crippen LogP contribution in [0.1, 0.15) is 31.4 Å². The van der Waals surface area contributed by atoms with E-state index in [1.807, 2.05) is 42.5 Å². The van der Waals surface area contributed by atoms with Gasteiger partial charge in [0, 0.05) is 22.3 Å². The molecule has 2 aromatic carbocycles. The second-order valence-electron chi connectivity index (χ2n) is 9.05. The highest BCUT2D eigenvalue weighted by molar-refractivity contribution is 6.31. The van der Waals surface area contributed by atoms with Gasteiger partial charge in [-0.3, -0.25) is 24.6 Å². The number of nitrogens with one attached hydrogen (secondary N) is 2. The molecule has 2 saturated heterocycles. The van der Waals surface area contributed by atoms with Gasteiger partial charge in [0.1, 0.15) is 5.54 Å². The van der Waals surface area contributed by atoms with Crippen molar-refractivity contribution in [3.63, 3.8) is 0 Å². The number of fused-ring (bicyclic) bond motifs is 4. The molecule has 0 saturated carbocycles. The number of hydrogen-bond acceptors (Lipinski definition) is 4. The third kappa shape index (κ3) is 2.85. The van der Waals surface area contributed by atoms with Crippen LogP contribution in [0.25, 0.3) is 0 Å². The predicted molar refractivity (Wildman–Crippen MR) is 117 cm³/mol. The van der Waals surface area contributed by atoms with E-state index in [1.54, 1.807) is 6.07 Å². The summed E-state index contributed by atoms with van der Waals surface area (Å²) in [6.45, 7) is 4.26. The van der Waals surface area contributed by atoms with Crippen LogP contribution >= 0.6 is 11.6 Å². The van der Waals surface area contributed by atoms with Crippen LogP contribution in [-0.2, 0) is 26.5 Å². The van der Waals surface area contributed by atoms with Gasteiger partial charge in [-0.05, 0) is 30.0 Å². The Morgan fingerprint density at radius 2 is 1.74 bits per heavy atom. The second kappa shape index (κ2) is 7.18. The first-order chi connectivity index (χ1) is 14.8. The summed E-state index contributed by atoms with van der Waals surface area (Å²) in [4.78, 5) is 41.9. The Kier molecular flexibility index (Phi) is 4.68. The smallest absolute Gasteiger partial charge is 0.250 e. The lowest BCUT2D eigenvalue weighted by Crippen LogP contribution is -2.53. The molecule has 31 heavy (non-hydrogen) atoms. The monoisotopic (exact) mass is 437 g/mol. The van der Waals surface area contributed by atoms with Gasteiger partial charge in [0.25, 0.3) is 0 Å². The van der Waals surface area contributed by atoms with E-state index in [0.29, 0.717) is 28.6 Å². The topological polar surface area (TPSA) is 78.5 Å². The van der Waals surface area contributed by atoms with Crippen molar-refractivity contribution in [1.82, 2.24) is 10.2 Å². The van der Waals surface area contributed by atoms with Gasteiger partial charge >= 0.3 is 0 Å². The average Bonchev–Trinajstić information content (AvgIpc) is 3.30. The number of carbonyl (C=O) groups is 3. The van der Waals surface area contributed by atoms with Crippen LogP contribution in [0.15, 0.2) is 48.5 Å². The lowest BCUT2D eigenvalue weighted by molar-refractivity contribution is -0.143. The fourth-order valence-corrected chi connectivity index (χ4v) is 5.68. The number of benzene rings is 2. The molecule has 2 fully saturated rings. The van der Waals surface area contributed by atoms with E-state index in [-0.39, 0.29) is 30.3 Å². The fraction of sp³-hybridized carbons (Fsp3) is 0.375. The molecule has 0 unspecified atom stereocenters. The average molecular weight is 438 g/mol. The molecule has 3 aliphatic rings. The molecule has 3 aliphatic heterocycles. The normalized spacial score (nSPS) is 29.1. The summed E-state index contributed by atoms with van der Waals surface area (Å²) >= 11 is 6.30. The molecule has 2 N–H and O–H groups in total. The molecule has 0 aromatic heterocycles. The maximum atomic E-state index is 13.7. The van der Waals surface area contributed by atoms with Crippen molar-refractivity contribution in [1.29, 1.82) is 0 Å².